The molecule has 0 radical (unpaired) electrons. The molecule has 0 spiro atoms. The fraction of sp³-hybridized carbons (Fsp3) is 1.00. The summed E-state index contributed by atoms with van der Waals surface area (Å²) in [6, 6.07) is 0. The van der Waals surface area contributed by atoms with Crippen LogP contribution in [-0.2, 0) is 14.6 Å². The Morgan fingerprint density at radius 3 is 2.14 bits per heavy atom. The van der Waals surface area contributed by atoms with Gasteiger partial charge in [-0.1, -0.05) is 0 Å². The van der Waals surface area contributed by atoms with Crippen LogP contribution < -0.4 is 0 Å². The number of hydrogen-bond donors (Lipinski definition) is 1. The van der Waals surface area contributed by atoms with E-state index in [0.29, 0.717) is 0 Å². The molecule has 0 rings (SSSR count). The summed E-state index contributed by atoms with van der Waals surface area (Å²) >= 11 is 0. The smallest absolute Gasteiger partial charge is 0.264 e. The van der Waals surface area contributed by atoms with E-state index in [2.05, 4.69) is 4.18 Å². The zero-order valence-electron chi connectivity index (χ0n) is 6.79. The normalized spacial score (nSPS) is 15.5. The second-order valence-corrected chi connectivity index (χ2v) is 3.49. The molecule has 1 N–H and O–H groups in total. The third-order valence-electron chi connectivity index (χ3n) is 1.15. The monoisotopic (exact) mass is 240 g/mol. The van der Waals surface area contributed by atoms with Crippen LogP contribution in [0.3, 0.4) is 0 Å². The van der Waals surface area contributed by atoms with Gasteiger partial charge in [0.2, 0.25) is 0 Å². The van der Waals surface area contributed by atoms with Crippen LogP contribution in [0.5, 0.6) is 0 Å². The molecule has 86 valence electrons. The van der Waals surface area contributed by atoms with Gasteiger partial charge in [-0.2, -0.15) is 21.6 Å². The molecule has 1 atom stereocenters. The zero-order valence-corrected chi connectivity index (χ0v) is 7.61. The summed E-state index contributed by atoms with van der Waals surface area (Å²) in [5.74, 6) is 0. The van der Waals surface area contributed by atoms with E-state index in [0.717, 1.165) is 0 Å². The van der Waals surface area contributed by atoms with Crippen LogP contribution in [0.1, 0.15) is 12.8 Å². The van der Waals surface area contributed by atoms with Gasteiger partial charge in [-0.25, -0.2) is 4.18 Å². The minimum absolute atomic E-state index is 0.751. The number of hydrogen-bond acceptors (Lipinski definition) is 3. The molecule has 0 aliphatic heterocycles. The number of rotatable bonds is 5. The van der Waals surface area contributed by atoms with Gasteiger partial charge in [0.1, 0.15) is 0 Å². The average molecular weight is 240 g/mol. The van der Waals surface area contributed by atoms with Gasteiger partial charge in [-0.3, -0.25) is 8.94 Å². The van der Waals surface area contributed by atoms with Crippen LogP contribution in [0.15, 0.2) is 0 Å². The molecule has 0 aliphatic rings. The van der Waals surface area contributed by atoms with E-state index in [4.69, 9.17) is 4.55 Å². The first-order chi connectivity index (χ1) is 6.14. The van der Waals surface area contributed by atoms with E-state index in [1.165, 1.54) is 0 Å². The van der Waals surface area contributed by atoms with Crippen LogP contribution in [0.2, 0.25) is 0 Å². The van der Waals surface area contributed by atoms with Crippen LogP contribution in [-0.4, -0.2) is 31.9 Å². The second kappa shape index (κ2) is 4.89. The van der Waals surface area contributed by atoms with Crippen LogP contribution in [0.4, 0.5) is 17.6 Å². The standard InChI is InChI=1S/C5H8F4O4S/c6-2-1-4(3-5(7,8)9)13-14(10,11)12/h4H,1-3H2,(H,10,11,12). The zero-order chi connectivity index (χ0) is 11.4. The summed E-state index contributed by atoms with van der Waals surface area (Å²) in [5.41, 5.74) is 0. The summed E-state index contributed by atoms with van der Waals surface area (Å²) < 4.78 is 78.6. The Hall–Kier alpha value is -0.410. The molecule has 1 unspecified atom stereocenters. The molecule has 0 aliphatic carbocycles. The average Bonchev–Trinajstić information content (AvgIpc) is 1.78. The molecular weight excluding hydrogens is 232 g/mol. The van der Waals surface area contributed by atoms with Gasteiger partial charge in [0.25, 0.3) is 0 Å². The fourth-order valence-corrected chi connectivity index (χ4v) is 1.24. The van der Waals surface area contributed by atoms with Gasteiger partial charge in [0, 0.05) is 6.42 Å². The molecule has 0 saturated heterocycles. The third kappa shape index (κ3) is 8.20. The largest absolute Gasteiger partial charge is 0.397 e. The van der Waals surface area contributed by atoms with Gasteiger partial charge < -0.3 is 0 Å². The lowest BCUT2D eigenvalue weighted by atomic mass is 10.2. The number of halogens is 4. The Balaban J connectivity index is 4.31. The van der Waals surface area contributed by atoms with E-state index >= 15 is 0 Å². The van der Waals surface area contributed by atoms with Crippen molar-refractivity contribution >= 4 is 10.4 Å². The summed E-state index contributed by atoms with van der Waals surface area (Å²) in [6.07, 6.45) is -8.98. The van der Waals surface area contributed by atoms with Gasteiger partial charge in [0.05, 0.1) is 19.2 Å². The van der Waals surface area contributed by atoms with E-state index in [-0.39, 0.29) is 0 Å². The van der Waals surface area contributed by atoms with E-state index in [1.807, 2.05) is 0 Å². The van der Waals surface area contributed by atoms with Crippen LogP contribution >= 0.6 is 0 Å². The van der Waals surface area contributed by atoms with Crippen LogP contribution in [0.25, 0.3) is 0 Å². The molecule has 0 bridgehead atoms. The predicted molar refractivity (Wildman–Crippen MR) is 37.7 cm³/mol. The summed E-state index contributed by atoms with van der Waals surface area (Å²) in [4.78, 5) is 0. The first-order valence-electron chi connectivity index (χ1n) is 3.42. The molecule has 0 aromatic rings. The van der Waals surface area contributed by atoms with Gasteiger partial charge in [-0.05, 0) is 0 Å². The Morgan fingerprint density at radius 2 is 1.86 bits per heavy atom. The van der Waals surface area contributed by atoms with Gasteiger partial charge >= 0.3 is 16.6 Å². The van der Waals surface area contributed by atoms with E-state index in [9.17, 15) is 26.0 Å². The Bertz CT molecular complexity index is 259. The summed E-state index contributed by atoms with van der Waals surface area (Å²) in [5, 5.41) is 0. The van der Waals surface area contributed by atoms with Crippen molar-refractivity contribution < 1.29 is 34.7 Å². The van der Waals surface area contributed by atoms with E-state index in [1.54, 1.807) is 0 Å². The highest BCUT2D eigenvalue weighted by Gasteiger charge is 2.34. The molecule has 0 aromatic carbocycles. The lowest BCUT2D eigenvalue weighted by Crippen LogP contribution is -2.25. The summed E-state index contributed by atoms with van der Waals surface area (Å²) in [7, 11) is -4.98. The minimum atomic E-state index is -4.98. The van der Waals surface area contributed by atoms with Crippen LogP contribution in [0, 0.1) is 0 Å². The molecule has 0 fully saturated rings. The second-order valence-electron chi connectivity index (χ2n) is 2.44. The van der Waals surface area contributed by atoms with Crippen molar-refractivity contribution in [3.8, 4) is 0 Å². The molecule has 9 heteroatoms. The maximum Gasteiger partial charge on any atom is 0.397 e. The molecule has 14 heavy (non-hydrogen) atoms. The first kappa shape index (κ1) is 13.6. The molecule has 0 aromatic heterocycles. The minimum Gasteiger partial charge on any atom is -0.264 e. The maximum atomic E-state index is 11.7. The first-order valence-corrected chi connectivity index (χ1v) is 4.79. The number of alkyl halides is 4. The fourth-order valence-electron chi connectivity index (χ4n) is 0.736. The molecule has 4 nitrogen and oxygen atoms in total. The van der Waals surface area contributed by atoms with Gasteiger partial charge in [-0.15, -0.1) is 0 Å². The maximum absolute atomic E-state index is 11.7. The van der Waals surface area contributed by atoms with Gasteiger partial charge in [0.15, 0.2) is 0 Å². The highest BCUT2D eigenvalue weighted by atomic mass is 32.3. The Morgan fingerprint density at radius 1 is 1.36 bits per heavy atom. The topological polar surface area (TPSA) is 63.6 Å². The summed E-state index contributed by atoms with van der Waals surface area (Å²) in [6.45, 7) is -1.17. The van der Waals surface area contributed by atoms with Crippen molar-refractivity contribution in [3.05, 3.63) is 0 Å². The van der Waals surface area contributed by atoms with Crippen molar-refractivity contribution in [1.82, 2.24) is 0 Å². The molecule has 0 saturated carbocycles. The lowest BCUT2D eigenvalue weighted by molar-refractivity contribution is -0.151. The van der Waals surface area contributed by atoms with Crippen molar-refractivity contribution in [2.24, 2.45) is 0 Å². The Kier molecular flexibility index (Phi) is 4.75. The molecular formula is C5H8F4O4S. The van der Waals surface area contributed by atoms with E-state index < -0.39 is 42.2 Å². The molecule has 0 heterocycles. The quantitative estimate of drug-likeness (QED) is 0.584. The third-order valence-corrected chi connectivity index (χ3v) is 1.66. The Labute approximate surface area is 77.8 Å². The van der Waals surface area contributed by atoms with Crippen molar-refractivity contribution in [2.45, 2.75) is 25.1 Å². The predicted octanol–water partition coefficient (Wildman–Crippen LogP) is 1.49. The molecule has 0 amide bonds. The van der Waals surface area contributed by atoms with Crippen molar-refractivity contribution in [2.75, 3.05) is 6.67 Å². The lowest BCUT2D eigenvalue weighted by Gasteiger charge is -2.15. The highest BCUT2D eigenvalue weighted by molar-refractivity contribution is 7.80. The van der Waals surface area contributed by atoms with Crippen molar-refractivity contribution in [1.29, 1.82) is 0 Å². The van der Waals surface area contributed by atoms with Crippen molar-refractivity contribution in [3.63, 3.8) is 0 Å². The highest BCUT2D eigenvalue weighted by Crippen LogP contribution is 2.25. The SMILES string of the molecule is O=S(=O)(O)OC(CCF)CC(F)(F)F.